The van der Waals surface area contributed by atoms with Gasteiger partial charge in [-0.05, 0) is 54.7 Å². The van der Waals surface area contributed by atoms with Gasteiger partial charge in [-0.25, -0.2) is 9.97 Å². The molecule has 0 spiro atoms. The van der Waals surface area contributed by atoms with E-state index in [-0.39, 0.29) is 42.4 Å². The Morgan fingerprint density at radius 2 is 1.68 bits per heavy atom. The smallest absolute Gasteiger partial charge is 0.250 e. The van der Waals surface area contributed by atoms with E-state index >= 15 is 9.59 Å². The Labute approximate surface area is 426 Å². The van der Waals surface area contributed by atoms with Gasteiger partial charge in [0, 0.05) is 87.4 Å². The highest BCUT2D eigenvalue weighted by molar-refractivity contribution is 7.13. The van der Waals surface area contributed by atoms with Crippen LogP contribution >= 0.6 is 22.9 Å². The summed E-state index contributed by atoms with van der Waals surface area (Å²) in [6.45, 7) is 22.4. The predicted molar refractivity (Wildman–Crippen MR) is 274 cm³/mol. The van der Waals surface area contributed by atoms with E-state index in [2.05, 4.69) is 36.1 Å². The van der Waals surface area contributed by atoms with E-state index in [0.29, 0.717) is 30.0 Å². The van der Waals surface area contributed by atoms with Gasteiger partial charge in [0.05, 0.1) is 50.9 Å². The SMILES string of the molecule is Cc1ncsc1-c1ccc([C@H](C)NC(=O)[C@H]2C[C@@H](O)CN2C(=O)[C@@H](N(C(=O)CN2CC(N3CCN(c4ccc(C(N)=O)cn4)CC3)C2)C2C(C)(C)C(Oc3ccc(C#N)c(Cl)c3)C2(C)C)C(C)(C)C)cc1. The molecule has 0 bridgehead atoms. The minimum absolute atomic E-state index is 0.0543. The lowest BCUT2D eigenvalue weighted by atomic mass is 9.48. The van der Waals surface area contributed by atoms with Crippen LogP contribution in [-0.4, -0.2) is 147 Å². The van der Waals surface area contributed by atoms with Crippen molar-refractivity contribution in [1.82, 2.24) is 34.9 Å². The number of ether oxygens (including phenoxy) is 1. The van der Waals surface area contributed by atoms with Crippen LogP contribution in [0.3, 0.4) is 0 Å². The van der Waals surface area contributed by atoms with Gasteiger partial charge in [-0.15, -0.1) is 11.3 Å². The molecule has 1 saturated carbocycles. The van der Waals surface area contributed by atoms with Gasteiger partial charge in [0.15, 0.2) is 0 Å². The summed E-state index contributed by atoms with van der Waals surface area (Å²) in [5.41, 5.74) is 8.59. The molecule has 71 heavy (non-hydrogen) atoms. The van der Waals surface area contributed by atoms with E-state index in [1.54, 1.807) is 40.5 Å². The summed E-state index contributed by atoms with van der Waals surface area (Å²) < 4.78 is 6.70. The number of nitrogens with two attached hydrogens (primary N) is 1. The first-order chi connectivity index (χ1) is 33.5. The van der Waals surface area contributed by atoms with Crippen molar-refractivity contribution >= 4 is 52.4 Å². The number of rotatable bonds is 14. The van der Waals surface area contributed by atoms with Gasteiger partial charge in [0.2, 0.25) is 23.6 Å². The van der Waals surface area contributed by atoms with E-state index in [1.807, 2.05) is 98.2 Å². The lowest BCUT2D eigenvalue weighted by Crippen LogP contribution is -2.79. The summed E-state index contributed by atoms with van der Waals surface area (Å²) in [7, 11) is 0. The van der Waals surface area contributed by atoms with Gasteiger partial charge in [0.25, 0.3) is 0 Å². The maximum Gasteiger partial charge on any atom is 0.250 e. The van der Waals surface area contributed by atoms with Crippen molar-refractivity contribution in [3.05, 3.63) is 93.7 Å². The summed E-state index contributed by atoms with van der Waals surface area (Å²) in [5.74, 6) is -0.205. The number of carbonyl (C=O) groups excluding carboxylic acids is 4. The number of nitrogens with zero attached hydrogens (tertiary/aromatic N) is 8. The number of hydrogen-bond acceptors (Lipinski definition) is 13. The second-order valence-electron chi connectivity index (χ2n) is 22.0. The molecule has 4 N–H and O–H groups in total. The van der Waals surface area contributed by atoms with Crippen LogP contribution in [0.1, 0.15) is 95.0 Å². The number of aryl methyl sites for hydroxylation is 1. The number of aliphatic hydroxyl groups excluding tert-OH is 1. The summed E-state index contributed by atoms with van der Waals surface area (Å²) >= 11 is 8.03. The number of benzene rings is 2. The number of thiazole rings is 1. The van der Waals surface area contributed by atoms with Crippen LogP contribution in [0.4, 0.5) is 5.82 Å². The second-order valence-corrected chi connectivity index (χ2v) is 23.3. The maximum absolute atomic E-state index is 15.6. The highest BCUT2D eigenvalue weighted by Gasteiger charge is 2.68. The molecular weight excluding hydrogens is 940 g/mol. The third-order valence-corrected chi connectivity index (χ3v) is 16.4. The van der Waals surface area contributed by atoms with Crippen molar-refractivity contribution in [1.29, 1.82) is 5.26 Å². The molecule has 16 nitrogen and oxygen atoms in total. The number of pyridine rings is 1. The number of likely N-dealkylation sites (tertiary alicyclic amines) is 2. The standard InChI is InChI=1S/C53H67ClN10O6S/c1-31(33-10-12-34(13-11-33)44-32(2)58-30-71-44)59-47(68)41-22-38(65)28-63(41)48(69)45(51(3,4)5)64(49-52(6,7)50(53(49,8)9)70-39-16-14-35(24-55)40(54)23-39)43(66)29-60-26-37(27-60)61-18-20-62(21-19-61)42-17-15-36(25-57-42)46(56)67/h10-17,23,25,30-31,37-38,41,45,49-50,65H,18-22,26-29H2,1-9H3,(H2,56,67)(H,59,68)/t31-,38+,41+,45+,49?,50?/m0/s1. The molecule has 2 aromatic carbocycles. The van der Waals surface area contributed by atoms with Crippen LogP contribution in [0.2, 0.25) is 5.02 Å². The zero-order valence-electron chi connectivity index (χ0n) is 42.2. The quantitative estimate of drug-likeness (QED) is 0.135. The van der Waals surface area contributed by atoms with Crippen LogP contribution in [0.25, 0.3) is 10.4 Å². The molecule has 4 aliphatic rings. The van der Waals surface area contributed by atoms with Crippen molar-refractivity contribution in [2.24, 2.45) is 22.0 Å². The first kappa shape index (κ1) is 51.7. The van der Waals surface area contributed by atoms with Crippen LogP contribution in [0, 0.1) is 34.5 Å². The van der Waals surface area contributed by atoms with Gasteiger partial charge in [0.1, 0.15) is 35.8 Å². The second kappa shape index (κ2) is 20.1. The molecule has 2 aromatic heterocycles. The number of nitriles is 1. The van der Waals surface area contributed by atoms with Crippen LogP contribution in [-0.2, 0) is 14.4 Å². The molecule has 1 aliphatic carbocycles. The minimum atomic E-state index is -1.03. The Bertz CT molecular complexity index is 2650. The number of anilines is 1. The van der Waals surface area contributed by atoms with E-state index < -0.39 is 64.4 Å². The number of nitrogens with one attached hydrogen (secondary N) is 1. The van der Waals surface area contributed by atoms with Crippen molar-refractivity contribution in [2.45, 2.75) is 111 Å². The summed E-state index contributed by atoms with van der Waals surface area (Å²) in [5, 5.41) is 24.1. The van der Waals surface area contributed by atoms with E-state index in [4.69, 9.17) is 22.1 Å². The average Bonchev–Trinajstić information content (AvgIpc) is 3.93. The highest BCUT2D eigenvalue weighted by Crippen LogP contribution is 2.59. The van der Waals surface area contributed by atoms with Gasteiger partial charge in [-0.1, -0.05) is 84.3 Å². The number of aromatic nitrogens is 2. The van der Waals surface area contributed by atoms with Gasteiger partial charge in [-0.2, -0.15) is 5.26 Å². The van der Waals surface area contributed by atoms with Crippen molar-refractivity contribution < 1.29 is 29.0 Å². The molecule has 8 rings (SSSR count). The molecule has 0 unspecified atom stereocenters. The zero-order valence-corrected chi connectivity index (χ0v) is 43.8. The fourth-order valence-corrected chi connectivity index (χ4v) is 12.9. The van der Waals surface area contributed by atoms with Gasteiger partial charge >= 0.3 is 0 Å². The number of halogens is 1. The van der Waals surface area contributed by atoms with Crippen molar-refractivity contribution in [3.8, 4) is 22.3 Å². The summed E-state index contributed by atoms with van der Waals surface area (Å²) in [6, 6.07) is 15.9. The number of piperazine rings is 1. The summed E-state index contributed by atoms with van der Waals surface area (Å²) in [4.78, 5) is 76.9. The number of β-amino-alcohol motifs (C(OH)–C–C–N with tert-alkyl or cyclic N) is 1. The third-order valence-electron chi connectivity index (χ3n) is 15.1. The molecule has 378 valence electrons. The molecule has 4 atom stereocenters. The molecule has 3 aliphatic heterocycles. The Morgan fingerprint density at radius 3 is 2.24 bits per heavy atom. The topological polar surface area (TPSA) is 202 Å². The maximum atomic E-state index is 15.6. The van der Waals surface area contributed by atoms with Gasteiger partial charge in [-0.3, -0.25) is 29.0 Å². The van der Waals surface area contributed by atoms with Crippen molar-refractivity contribution in [2.75, 3.05) is 57.3 Å². The average molecular weight is 1010 g/mol. The lowest BCUT2D eigenvalue weighted by molar-refractivity contribution is -0.225. The lowest BCUT2D eigenvalue weighted by Gasteiger charge is -2.67. The van der Waals surface area contributed by atoms with E-state index in [0.717, 1.165) is 53.7 Å². The molecule has 4 fully saturated rings. The first-order valence-electron chi connectivity index (χ1n) is 24.4. The molecule has 4 aromatic rings. The van der Waals surface area contributed by atoms with Crippen LogP contribution in [0.5, 0.6) is 5.75 Å². The largest absolute Gasteiger partial charge is 0.489 e. The molecule has 5 heterocycles. The fourth-order valence-electron chi connectivity index (χ4n) is 11.8. The fraction of sp³-hybridized carbons (Fsp3) is 0.528. The monoisotopic (exact) mass is 1010 g/mol. The molecule has 4 amide bonds. The molecular formula is C53H67ClN10O6S. The number of amides is 4. The summed E-state index contributed by atoms with van der Waals surface area (Å²) in [6.07, 6.45) is 0.188. The Kier molecular flexibility index (Phi) is 14.6. The number of aliphatic hydroxyl groups is 1. The first-order valence-corrected chi connectivity index (χ1v) is 25.7. The van der Waals surface area contributed by atoms with Crippen LogP contribution in [0.15, 0.2) is 66.3 Å². The third kappa shape index (κ3) is 10.4. The zero-order chi connectivity index (χ0) is 51.3. The number of carbonyl (C=O) groups is 4. The number of primary amides is 1. The molecule has 0 radical (unpaired) electrons. The Morgan fingerprint density at radius 1 is 1.00 bits per heavy atom. The number of hydrogen-bond donors (Lipinski definition) is 3. The molecule has 18 heteroatoms. The van der Waals surface area contributed by atoms with Crippen LogP contribution < -0.4 is 20.7 Å². The normalized spacial score (nSPS) is 23.2. The predicted octanol–water partition coefficient (Wildman–Crippen LogP) is 5.91. The van der Waals surface area contributed by atoms with Gasteiger partial charge < -0.3 is 35.6 Å². The molecule has 3 saturated heterocycles. The Balaban J connectivity index is 1.02. The van der Waals surface area contributed by atoms with E-state index in [9.17, 15) is 20.0 Å². The highest BCUT2D eigenvalue weighted by atomic mass is 35.5. The van der Waals surface area contributed by atoms with E-state index in [1.165, 1.54) is 11.1 Å². The Hall–Kier alpha value is -5.64. The minimum Gasteiger partial charge on any atom is -0.489 e. The van der Waals surface area contributed by atoms with Crippen molar-refractivity contribution in [3.63, 3.8) is 0 Å².